The molecule has 0 aliphatic rings. The highest BCUT2D eigenvalue weighted by molar-refractivity contribution is 5.87. The maximum Gasteiger partial charge on any atom is 0.312 e. The SMILES string of the molecule is CCc1ccc([C@@H](NC(=O)COC(=O)Cc2n[nH]c(=O)c3ccccc23)C(C)C)cc1. The summed E-state index contributed by atoms with van der Waals surface area (Å²) in [5, 5.41) is 10.3. The van der Waals surface area contributed by atoms with Crippen molar-refractivity contribution in [2.75, 3.05) is 6.61 Å². The lowest BCUT2D eigenvalue weighted by Gasteiger charge is -2.23. The van der Waals surface area contributed by atoms with Gasteiger partial charge in [0.05, 0.1) is 23.5 Å². The predicted octanol–water partition coefficient (Wildman–Crippen LogP) is 3.08. The van der Waals surface area contributed by atoms with E-state index in [0.29, 0.717) is 16.5 Å². The van der Waals surface area contributed by atoms with Gasteiger partial charge in [0.2, 0.25) is 0 Å². The molecule has 0 aliphatic carbocycles. The number of fused-ring (bicyclic) bond motifs is 1. The zero-order chi connectivity index (χ0) is 22.4. The molecule has 162 valence electrons. The quantitative estimate of drug-likeness (QED) is 0.545. The number of benzene rings is 2. The molecular formula is C24H27N3O4. The minimum Gasteiger partial charge on any atom is -0.455 e. The van der Waals surface area contributed by atoms with Crippen LogP contribution in [0.4, 0.5) is 0 Å². The molecule has 0 saturated carbocycles. The van der Waals surface area contributed by atoms with E-state index in [-0.39, 0.29) is 36.5 Å². The van der Waals surface area contributed by atoms with Crippen LogP contribution in [-0.2, 0) is 27.2 Å². The number of nitrogens with one attached hydrogen (secondary N) is 2. The maximum absolute atomic E-state index is 12.4. The predicted molar refractivity (Wildman–Crippen MR) is 119 cm³/mol. The van der Waals surface area contributed by atoms with Gasteiger partial charge >= 0.3 is 5.97 Å². The van der Waals surface area contributed by atoms with E-state index >= 15 is 0 Å². The Bertz CT molecular complexity index is 1120. The summed E-state index contributed by atoms with van der Waals surface area (Å²) in [5.74, 6) is -0.789. The summed E-state index contributed by atoms with van der Waals surface area (Å²) in [6.45, 7) is 5.77. The third-order valence-corrected chi connectivity index (χ3v) is 5.18. The van der Waals surface area contributed by atoms with Crippen LogP contribution in [0.3, 0.4) is 0 Å². The number of carbonyl (C=O) groups is 2. The van der Waals surface area contributed by atoms with Gasteiger partial charge in [-0.05, 0) is 29.5 Å². The van der Waals surface area contributed by atoms with Gasteiger partial charge in [0.15, 0.2) is 6.61 Å². The van der Waals surface area contributed by atoms with Crippen LogP contribution in [0.25, 0.3) is 10.8 Å². The van der Waals surface area contributed by atoms with Crippen LogP contribution < -0.4 is 10.9 Å². The molecule has 0 spiro atoms. The van der Waals surface area contributed by atoms with Crippen molar-refractivity contribution in [2.24, 2.45) is 5.92 Å². The molecule has 0 saturated heterocycles. The molecular weight excluding hydrogens is 394 g/mol. The summed E-state index contributed by atoms with van der Waals surface area (Å²) in [7, 11) is 0. The molecule has 0 unspecified atom stereocenters. The van der Waals surface area contributed by atoms with E-state index in [9.17, 15) is 14.4 Å². The summed E-state index contributed by atoms with van der Waals surface area (Å²) in [5.41, 5.74) is 2.32. The fourth-order valence-electron chi connectivity index (χ4n) is 3.45. The molecule has 7 nitrogen and oxygen atoms in total. The monoisotopic (exact) mass is 421 g/mol. The molecule has 0 bridgehead atoms. The normalized spacial score (nSPS) is 12.0. The number of H-pyrrole nitrogens is 1. The molecule has 2 aromatic carbocycles. The van der Waals surface area contributed by atoms with Gasteiger partial charge in [-0.2, -0.15) is 5.10 Å². The first-order valence-electron chi connectivity index (χ1n) is 10.4. The number of aryl methyl sites for hydroxylation is 1. The van der Waals surface area contributed by atoms with Crippen molar-refractivity contribution in [1.29, 1.82) is 0 Å². The Hall–Kier alpha value is -3.48. The lowest BCUT2D eigenvalue weighted by molar-refractivity contribution is -0.148. The average Bonchev–Trinajstić information content (AvgIpc) is 2.78. The molecule has 7 heteroatoms. The summed E-state index contributed by atoms with van der Waals surface area (Å²) in [4.78, 5) is 36.5. The topological polar surface area (TPSA) is 101 Å². The molecule has 31 heavy (non-hydrogen) atoms. The largest absolute Gasteiger partial charge is 0.455 e. The number of aromatic nitrogens is 2. The van der Waals surface area contributed by atoms with E-state index in [1.807, 2.05) is 26.0 Å². The summed E-state index contributed by atoms with van der Waals surface area (Å²) in [6, 6.07) is 14.9. The second-order valence-electron chi connectivity index (χ2n) is 7.77. The zero-order valence-corrected chi connectivity index (χ0v) is 18.0. The van der Waals surface area contributed by atoms with Crippen LogP contribution in [0.2, 0.25) is 0 Å². The third-order valence-electron chi connectivity index (χ3n) is 5.18. The molecule has 1 atom stereocenters. The molecule has 1 aromatic heterocycles. The first-order valence-corrected chi connectivity index (χ1v) is 10.4. The molecule has 1 amide bonds. The highest BCUT2D eigenvalue weighted by atomic mass is 16.5. The number of hydrogen-bond acceptors (Lipinski definition) is 5. The van der Waals surface area contributed by atoms with Crippen LogP contribution in [0, 0.1) is 5.92 Å². The Kier molecular flexibility index (Phi) is 7.18. The molecule has 0 fully saturated rings. The lowest BCUT2D eigenvalue weighted by Crippen LogP contribution is -2.35. The summed E-state index contributed by atoms with van der Waals surface area (Å²) in [6.07, 6.45) is 0.811. The average molecular weight is 421 g/mol. The first-order chi connectivity index (χ1) is 14.9. The number of esters is 1. The second-order valence-corrected chi connectivity index (χ2v) is 7.77. The number of hydrogen-bond donors (Lipinski definition) is 2. The minimum atomic E-state index is -0.590. The van der Waals surface area contributed by atoms with Crippen molar-refractivity contribution in [2.45, 2.75) is 39.7 Å². The van der Waals surface area contributed by atoms with Gasteiger partial charge in [-0.15, -0.1) is 0 Å². The number of carbonyl (C=O) groups excluding carboxylic acids is 2. The van der Waals surface area contributed by atoms with Crippen molar-refractivity contribution >= 4 is 22.6 Å². The Morgan fingerprint density at radius 2 is 1.74 bits per heavy atom. The van der Waals surface area contributed by atoms with Crippen LogP contribution in [0.15, 0.2) is 53.3 Å². The minimum absolute atomic E-state index is 0.142. The number of ether oxygens (including phenoxy) is 1. The van der Waals surface area contributed by atoms with Gasteiger partial charge in [-0.3, -0.25) is 14.4 Å². The Morgan fingerprint density at radius 3 is 2.39 bits per heavy atom. The summed E-state index contributed by atoms with van der Waals surface area (Å²) >= 11 is 0. The van der Waals surface area contributed by atoms with Crippen molar-refractivity contribution < 1.29 is 14.3 Å². The number of amides is 1. The van der Waals surface area contributed by atoms with Crippen molar-refractivity contribution in [3.63, 3.8) is 0 Å². The molecule has 3 rings (SSSR count). The zero-order valence-electron chi connectivity index (χ0n) is 18.0. The summed E-state index contributed by atoms with van der Waals surface area (Å²) < 4.78 is 5.16. The van der Waals surface area contributed by atoms with Crippen molar-refractivity contribution in [3.05, 3.63) is 75.7 Å². The molecule has 1 heterocycles. The van der Waals surface area contributed by atoms with Gasteiger partial charge in [0.1, 0.15) is 0 Å². The van der Waals surface area contributed by atoms with Gasteiger partial charge < -0.3 is 10.1 Å². The van der Waals surface area contributed by atoms with Crippen molar-refractivity contribution in [1.82, 2.24) is 15.5 Å². The van der Waals surface area contributed by atoms with E-state index in [2.05, 4.69) is 34.6 Å². The highest BCUT2D eigenvalue weighted by Gasteiger charge is 2.20. The van der Waals surface area contributed by atoms with Crippen LogP contribution in [0.1, 0.15) is 43.6 Å². The Balaban J connectivity index is 1.60. The highest BCUT2D eigenvalue weighted by Crippen LogP contribution is 2.22. The van der Waals surface area contributed by atoms with E-state index in [4.69, 9.17) is 4.74 Å². The van der Waals surface area contributed by atoms with E-state index in [1.54, 1.807) is 24.3 Å². The van der Waals surface area contributed by atoms with Crippen LogP contribution in [0.5, 0.6) is 0 Å². The second kappa shape index (κ2) is 10.0. The number of aromatic amines is 1. The standard InChI is InChI=1S/C24H27N3O4/c1-4-16-9-11-17(12-10-16)23(15(2)3)25-21(28)14-31-22(29)13-20-18-7-5-6-8-19(18)24(30)27-26-20/h5-12,15,23H,4,13-14H2,1-3H3,(H,25,28)(H,27,30)/t23-/m0/s1. The van der Waals surface area contributed by atoms with Gasteiger partial charge in [-0.25, -0.2) is 5.10 Å². The fourth-order valence-corrected chi connectivity index (χ4v) is 3.45. The van der Waals surface area contributed by atoms with Crippen molar-refractivity contribution in [3.8, 4) is 0 Å². The van der Waals surface area contributed by atoms with Gasteiger partial charge in [0, 0.05) is 5.39 Å². The Labute approximate surface area is 180 Å². The number of nitrogens with zero attached hydrogens (tertiary/aromatic N) is 1. The maximum atomic E-state index is 12.4. The van der Waals surface area contributed by atoms with E-state index in [1.165, 1.54) is 5.56 Å². The van der Waals surface area contributed by atoms with Gasteiger partial charge in [0.25, 0.3) is 11.5 Å². The third kappa shape index (κ3) is 5.57. The van der Waals surface area contributed by atoms with Crippen LogP contribution in [-0.4, -0.2) is 28.7 Å². The van der Waals surface area contributed by atoms with Crippen LogP contribution >= 0.6 is 0 Å². The smallest absolute Gasteiger partial charge is 0.312 e. The first kappa shape index (κ1) is 22.2. The molecule has 0 aliphatic heterocycles. The number of rotatable bonds is 8. The molecule has 3 aromatic rings. The van der Waals surface area contributed by atoms with Gasteiger partial charge in [-0.1, -0.05) is 63.2 Å². The van der Waals surface area contributed by atoms with E-state index < -0.39 is 5.97 Å². The molecule has 2 N–H and O–H groups in total. The Morgan fingerprint density at radius 1 is 1.06 bits per heavy atom. The lowest BCUT2D eigenvalue weighted by atomic mass is 9.95. The molecule has 0 radical (unpaired) electrons. The fraction of sp³-hybridized carbons (Fsp3) is 0.333. The van der Waals surface area contributed by atoms with E-state index in [0.717, 1.165) is 12.0 Å².